The average molecular weight is 491 g/mol. The molecule has 0 bridgehead atoms. The van der Waals surface area contributed by atoms with Gasteiger partial charge in [0.05, 0.1) is 17.6 Å². The second-order valence-corrected chi connectivity index (χ2v) is 9.79. The van der Waals surface area contributed by atoms with Crippen molar-refractivity contribution in [3.63, 3.8) is 0 Å². The number of aldehydes is 1. The van der Waals surface area contributed by atoms with Gasteiger partial charge in [0, 0.05) is 15.5 Å². The van der Waals surface area contributed by atoms with Crippen LogP contribution in [0.4, 0.5) is 0 Å². The van der Waals surface area contributed by atoms with Crippen molar-refractivity contribution in [3.05, 3.63) is 93.7 Å². The van der Waals surface area contributed by atoms with E-state index < -0.39 is 0 Å². The molecule has 3 aromatic carbocycles. The Bertz CT molecular complexity index is 1240. The van der Waals surface area contributed by atoms with E-state index >= 15 is 0 Å². The van der Waals surface area contributed by atoms with Crippen LogP contribution >= 0.6 is 15.9 Å². The number of hydrogen-bond donors (Lipinski definition) is 0. The largest absolute Gasteiger partial charge is 0.489 e. The summed E-state index contributed by atoms with van der Waals surface area (Å²) < 4.78 is 9.45. The van der Waals surface area contributed by atoms with Crippen LogP contribution in [0, 0.1) is 12.3 Å². The van der Waals surface area contributed by atoms with Crippen molar-refractivity contribution in [1.29, 1.82) is 0 Å². The Hall–Kier alpha value is -2.92. The number of aromatic nitrogens is 2. The number of imidazole rings is 1. The molecule has 0 saturated heterocycles. The van der Waals surface area contributed by atoms with Crippen molar-refractivity contribution in [2.24, 2.45) is 5.41 Å². The molecule has 164 valence electrons. The van der Waals surface area contributed by atoms with Crippen LogP contribution in [0.5, 0.6) is 5.75 Å². The Morgan fingerprint density at radius 1 is 1.03 bits per heavy atom. The molecule has 1 aromatic heterocycles. The molecule has 0 radical (unpaired) electrons. The minimum atomic E-state index is -0.345. The highest BCUT2D eigenvalue weighted by Crippen LogP contribution is 2.26. The number of ether oxygens (including phenoxy) is 1. The number of carbonyl (C=O) groups is 1. The number of carbonyl (C=O) groups excluding carboxylic acids is 1. The van der Waals surface area contributed by atoms with Gasteiger partial charge in [0.2, 0.25) is 0 Å². The van der Waals surface area contributed by atoms with Gasteiger partial charge in [0.25, 0.3) is 0 Å². The number of para-hydroxylation sites is 1. The second kappa shape index (κ2) is 9.29. The summed E-state index contributed by atoms with van der Waals surface area (Å²) in [6.07, 6.45) is 1.75. The fourth-order valence-electron chi connectivity index (χ4n) is 3.85. The lowest BCUT2D eigenvalue weighted by Crippen LogP contribution is -2.16. The van der Waals surface area contributed by atoms with Crippen molar-refractivity contribution in [2.45, 2.75) is 40.3 Å². The lowest BCUT2D eigenvalue weighted by Gasteiger charge is -2.17. The lowest BCUT2D eigenvalue weighted by atomic mass is 9.87. The average Bonchev–Trinajstić information content (AvgIpc) is 3.08. The van der Waals surface area contributed by atoms with E-state index in [-0.39, 0.29) is 5.41 Å². The summed E-state index contributed by atoms with van der Waals surface area (Å²) >= 11 is 3.52. The highest BCUT2D eigenvalue weighted by atomic mass is 79.9. The minimum Gasteiger partial charge on any atom is -0.489 e. The van der Waals surface area contributed by atoms with Gasteiger partial charge in [-0.1, -0.05) is 72.2 Å². The molecule has 0 aliphatic rings. The van der Waals surface area contributed by atoms with Gasteiger partial charge in [-0.2, -0.15) is 0 Å². The Kier molecular flexibility index (Phi) is 6.47. The fraction of sp³-hybridized carbons (Fsp3) is 0.259. The van der Waals surface area contributed by atoms with Gasteiger partial charge < -0.3 is 14.1 Å². The predicted molar refractivity (Wildman–Crippen MR) is 132 cm³/mol. The zero-order valence-electron chi connectivity index (χ0n) is 18.6. The molecular formula is C27H27BrN2O2. The minimum absolute atomic E-state index is 0.345. The quantitative estimate of drug-likeness (QED) is 0.264. The van der Waals surface area contributed by atoms with Crippen LogP contribution < -0.4 is 4.74 Å². The zero-order valence-corrected chi connectivity index (χ0v) is 20.2. The second-order valence-electron chi connectivity index (χ2n) is 8.87. The molecule has 1 heterocycles. The van der Waals surface area contributed by atoms with Gasteiger partial charge in [0.1, 0.15) is 24.5 Å². The maximum absolute atomic E-state index is 11.2. The maximum atomic E-state index is 11.2. The molecule has 0 saturated carbocycles. The van der Waals surface area contributed by atoms with E-state index in [1.165, 1.54) is 0 Å². The molecule has 4 aromatic rings. The van der Waals surface area contributed by atoms with Gasteiger partial charge >= 0.3 is 0 Å². The number of aryl methyl sites for hydroxylation is 1. The van der Waals surface area contributed by atoms with Crippen LogP contribution in [-0.4, -0.2) is 15.8 Å². The van der Waals surface area contributed by atoms with Crippen molar-refractivity contribution in [1.82, 2.24) is 9.55 Å². The van der Waals surface area contributed by atoms with Crippen LogP contribution in [0.3, 0.4) is 0 Å². The summed E-state index contributed by atoms with van der Waals surface area (Å²) in [5, 5.41) is 0. The van der Waals surface area contributed by atoms with Crippen molar-refractivity contribution in [3.8, 4) is 5.75 Å². The summed E-state index contributed by atoms with van der Waals surface area (Å²) in [5.74, 6) is 1.85. The molecule has 0 aliphatic carbocycles. The van der Waals surface area contributed by atoms with E-state index in [0.29, 0.717) is 13.2 Å². The van der Waals surface area contributed by atoms with Crippen molar-refractivity contribution >= 4 is 33.2 Å². The summed E-state index contributed by atoms with van der Waals surface area (Å²) in [7, 11) is 0. The summed E-state index contributed by atoms with van der Waals surface area (Å²) in [5.41, 5.74) is 5.11. The molecular weight excluding hydrogens is 464 g/mol. The molecule has 0 atom stereocenters. The third-order valence-electron chi connectivity index (χ3n) is 5.60. The maximum Gasteiger partial charge on any atom is 0.125 e. The van der Waals surface area contributed by atoms with Crippen LogP contribution in [-0.2, 0) is 24.4 Å². The Balaban J connectivity index is 1.49. The highest BCUT2D eigenvalue weighted by Gasteiger charge is 2.17. The number of nitrogens with zero attached hydrogens (tertiary/aromatic N) is 2. The highest BCUT2D eigenvalue weighted by molar-refractivity contribution is 9.10. The fourth-order valence-corrected chi connectivity index (χ4v) is 4.20. The molecule has 0 unspecified atom stereocenters. The molecule has 4 rings (SSSR count). The summed E-state index contributed by atoms with van der Waals surface area (Å²) in [6, 6.07) is 22.6. The van der Waals surface area contributed by atoms with Crippen LogP contribution in [0.25, 0.3) is 11.0 Å². The standard InChI is InChI=1S/C27H27BrN2O2/c1-19-29-24-14-23(28)12-13-25(24)30(19)16-22-6-4-5-7-26(22)32-17-21-10-8-20(9-11-21)15-27(2,3)18-31/h4-14,18H,15-17H2,1-3H3. The third-order valence-corrected chi connectivity index (χ3v) is 6.09. The smallest absolute Gasteiger partial charge is 0.125 e. The lowest BCUT2D eigenvalue weighted by molar-refractivity contribution is -0.114. The van der Waals surface area contributed by atoms with E-state index in [9.17, 15) is 4.79 Å². The Morgan fingerprint density at radius 2 is 1.75 bits per heavy atom. The van der Waals surface area contributed by atoms with Crippen LogP contribution in [0.2, 0.25) is 0 Å². The SMILES string of the molecule is Cc1nc2cc(Br)ccc2n1Cc1ccccc1OCc1ccc(CC(C)(C)C=O)cc1. The molecule has 32 heavy (non-hydrogen) atoms. The number of hydrogen-bond acceptors (Lipinski definition) is 3. The van der Waals surface area contributed by atoms with Crippen molar-refractivity contribution < 1.29 is 9.53 Å². The van der Waals surface area contributed by atoms with E-state index in [0.717, 1.165) is 56.5 Å². The molecule has 0 amide bonds. The Morgan fingerprint density at radius 3 is 2.50 bits per heavy atom. The first-order valence-corrected chi connectivity index (χ1v) is 11.5. The van der Waals surface area contributed by atoms with E-state index in [2.05, 4.69) is 56.9 Å². The van der Waals surface area contributed by atoms with Gasteiger partial charge in [0.15, 0.2) is 0 Å². The number of halogens is 1. The monoisotopic (exact) mass is 490 g/mol. The first-order valence-electron chi connectivity index (χ1n) is 10.7. The molecule has 0 fully saturated rings. The van der Waals surface area contributed by atoms with Crippen molar-refractivity contribution in [2.75, 3.05) is 0 Å². The number of benzene rings is 3. The predicted octanol–water partition coefficient (Wildman–Crippen LogP) is 6.50. The van der Waals surface area contributed by atoms with Gasteiger partial charge in [-0.05, 0) is 48.7 Å². The molecule has 4 nitrogen and oxygen atoms in total. The Labute approximate surface area is 197 Å². The van der Waals surface area contributed by atoms with Gasteiger partial charge in [-0.25, -0.2) is 4.98 Å². The summed E-state index contributed by atoms with van der Waals surface area (Å²) in [4.78, 5) is 15.9. The van der Waals surface area contributed by atoms with Gasteiger partial charge in [-0.3, -0.25) is 0 Å². The molecule has 0 N–H and O–H groups in total. The van der Waals surface area contributed by atoms with Gasteiger partial charge in [-0.15, -0.1) is 0 Å². The van der Waals surface area contributed by atoms with E-state index in [1.807, 2.05) is 51.1 Å². The molecule has 0 aliphatic heterocycles. The van der Waals surface area contributed by atoms with Crippen LogP contribution in [0.15, 0.2) is 71.2 Å². The van der Waals surface area contributed by atoms with E-state index in [1.54, 1.807) is 0 Å². The molecule has 5 heteroatoms. The first kappa shape index (κ1) is 22.3. The topological polar surface area (TPSA) is 44.1 Å². The summed E-state index contributed by atoms with van der Waals surface area (Å²) in [6.45, 7) is 7.13. The number of rotatable bonds is 8. The zero-order chi connectivity index (χ0) is 22.7. The van der Waals surface area contributed by atoms with Crippen LogP contribution in [0.1, 0.15) is 36.4 Å². The molecule has 0 spiro atoms. The normalized spacial score (nSPS) is 11.6. The number of fused-ring (bicyclic) bond motifs is 1. The third kappa shape index (κ3) is 5.10. The first-order chi connectivity index (χ1) is 15.3. The van der Waals surface area contributed by atoms with E-state index in [4.69, 9.17) is 9.72 Å².